The Hall–Kier alpha value is -0.830. The topological polar surface area (TPSA) is 43.8 Å². The van der Waals surface area contributed by atoms with E-state index in [1.54, 1.807) is 0 Å². The van der Waals surface area contributed by atoms with Gasteiger partial charge < -0.3 is 5.73 Å². The Bertz CT molecular complexity index is 345. The van der Waals surface area contributed by atoms with E-state index in [-0.39, 0.29) is 5.54 Å². The van der Waals surface area contributed by atoms with Crippen molar-refractivity contribution in [3.05, 3.63) is 18.0 Å². The quantitative estimate of drug-likeness (QED) is 0.780. The van der Waals surface area contributed by atoms with Crippen molar-refractivity contribution in [2.45, 2.75) is 58.0 Å². The number of hydrogen-bond acceptors (Lipinski definition) is 2. The summed E-state index contributed by atoms with van der Waals surface area (Å²) in [5.41, 5.74) is 7.66. The van der Waals surface area contributed by atoms with Gasteiger partial charge in [0.15, 0.2) is 0 Å². The largest absolute Gasteiger partial charge is 0.321 e. The van der Waals surface area contributed by atoms with Gasteiger partial charge in [-0.2, -0.15) is 5.10 Å². The molecule has 2 unspecified atom stereocenters. The molecule has 3 heteroatoms. The molecule has 0 saturated heterocycles. The molecule has 16 heavy (non-hydrogen) atoms. The Kier molecular flexibility index (Phi) is 3.33. The van der Waals surface area contributed by atoms with Crippen molar-refractivity contribution in [2.75, 3.05) is 0 Å². The minimum absolute atomic E-state index is 0.127. The van der Waals surface area contributed by atoms with E-state index in [1.807, 2.05) is 10.9 Å². The van der Waals surface area contributed by atoms with E-state index in [9.17, 15) is 0 Å². The van der Waals surface area contributed by atoms with E-state index in [0.29, 0.717) is 0 Å². The van der Waals surface area contributed by atoms with Crippen LogP contribution in [0.25, 0.3) is 0 Å². The SMILES string of the molecule is CCn1cc(C2(N)CCCC(C)CC2)cn1. The third-order valence-electron chi connectivity index (χ3n) is 3.94. The van der Waals surface area contributed by atoms with Gasteiger partial charge in [-0.1, -0.05) is 19.8 Å². The molecule has 1 aromatic rings. The Morgan fingerprint density at radius 3 is 3.00 bits per heavy atom. The number of hydrogen-bond donors (Lipinski definition) is 1. The fourth-order valence-corrected chi connectivity index (χ4v) is 2.62. The zero-order chi connectivity index (χ0) is 11.6. The van der Waals surface area contributed by atoms with Crippen molar-refractivity contribution in [2.24, 2.45) is 11.7 Å². The summed E-state index contributed by atoms with van der Waals surface area (Å²) < 4.78 is 1.97. The lowest BCUT2D eigenvalue weighted by atomic mass is 9.85. The number of aromatic nitrogens is 2. The van der Waals surface area contributed by atoms with Gasteiger partial charge in [-0.3, -0.25) is 4.68 Å². The van der Waals surface area contributed by atoms with Crippen molar-refractivity contribution in [3.63, 3.8) is 0 Å². The molecule has 1 heterocycles. The first-order valence-corrected chi connectivity index (χ1v) is 6.46. The van der Waals surface area contributed by atoms with Gasteiger partial charge in [-0.15, -0.1) is 0 Å². The van der Waals surface area contributed by atoms with Crippen molar-refractivity contribution in [3.8, 4) is 0 Å². The average molecular weight is 221 g/mol. The molecule has 1 fully saturated rings. The normalized spacial score (nSPS) is 31.3. The molecule has 90 valence electrons. The predicted octanol–water partition coefficient (Wildman–Crippen LogP) is 2.66. The maximum absolute atomic E-state index is 6.56. The van der Waals surface area contributed by atoms with Crippen LogP contribution in [0.2, 0.25) is 0 Å². The summed E-state index contributed by atoms with van der Waals surface area (Å²) >= 11 is 0. The van der Waals surface area contributed by atoms with Gasteiger partial charge in [0.2, 0.25) is 0 Å². The summed E-state index contributed by atoms with van der Waals surface area (Å²) in [6.45, 7) is 5.36. The van der Waals surface area contributed by atoms with Crippen molar-refractivity contribution in [1.29, 1.82) is 0 Å². The summed E-state index contributed by atoms with van der Waals surface area (Å²) in [4.78, 5) is 0. The van der Waals surface area contributed by atoms with E-state index in [2.05, 4.69) is 25.1 Å². The molecule has 0 aromatic carbocycles. The molecule has 0 bridgehead atoms. The van der Waals surface area contributed by atoms with E-state index in [0.717, 1.165) is 25.3 Å². The van der Waals surface area contributed by atoms with Crippen LogP contribution in [0.4, 0.5) is 0 Å². The summed E-state index contributed by atoms with van der Waals surface area (Å²) in [6.07, 6.45) is 10.1. The van der Waals surface area contributed by atoms with Crippen LogP contribution in [-0.2, 0) is 12.1 Å². The molecule has 1 saturated carbocycles. The number of nitrogens with two attached hydrogens (primary N) is 1. The molecule has 1 aliphatic carbocycles. The lowest BCUT2D eigenvalue weighted by Gasteiger charge is -2.26. The fourth-order valence-electron chi connectivity index (χ4n) is 2.62. The summed E-state index contributed by atoms with van der Waals surface area (Å²) in [6, 6.07) is 0. The van der Waals surface area contributed by atoms with Crippen molar-refractivity contribution < 1.29 is 0 Å². The molecular formula is C13H23N3. The first-order chi connectivity index (χ1) is 7.64. The first kappa shape index (κ1) is 11.6. The van der Waals surface area contributed by atoms with Gasteiger partial charge in [-0.05, 0) is 32.1 Å². The zero-order valence-corrected chi connectivity index (χ0v) is 10.4. The maximum Gasteiger partial charge on any atom is 0.0540 e. The fraction of sp³-hybridized carbons (Fsp3) is 0.769. The van der Waals surface area contributed by atoms with Gasteiger partial charge in [0, 0.05) is 23.8 Å². The van der Waals surface area contributed by atoms with E-state index < -0.39 is 0 Å². The van der Waals surface area contributed by atoms with Crippen LogP contribution in [0.1, 0.15) is 51.5 Å². The highest BCUT2D eigenvalue weighted by Gasteiger charge is 2.31. The third kappa shape index (κ3) is 2.29. The van der Waals surface area contributed by atoms with Crippen LogP contribution in [0, 0.1) is 5.92 Å². The molecule has 0 amide bonds. The second kappa shape index (κ2) is 4.58. The number of aryl methyl sites for hydroxylation is 1. The maximum atomic E-state index is 6.56. The average Bonchev–Trinajstić information content (AvgIpc) is 2.69. The predicted molar refractivity (Wildman–Crippen MR) is 66.0 cm³/mol. The lowest BCUT2D eigenvalue weighted by molar-refractivity contribution is 0.378. The second-order valence-electron chi connectivity index (χ2n) is 5.28. The first-order valence-electron chi connectivity index (χ1n) is 6.46. The molecule has 2 rings (SSSR count). The molecule has 2 N–H and O–H groups in total. The van der Waals surface area contributed by atoms with E-state index in [4.69, 9.17) is 5.73 Å². The molecular weight excluding hydrogens is 198 g/mol. The summed E-state index contributed by atoms with van der Waals surface area (Å²) in [5.74, 6) is 0.826. The van der Waals surface area contributed by atoms with Crippen LogP contribution in [-0.4, -0.2) is 9.78 Å². The highest BCUT2D eigenvalue weighted by molar-refractivity contribution is 5.18. The minimum Gasteiger partial charge on any atom is -0.321 e. The number of nitrogens with zero attached hydrogens (tertiary/aromatic N) is 2. The van der Waals surface area contributed by atoms with Crippen LogP contribution in [0.3, 0.4) is 0 Å². The summed E-state index contributed by atoms with van der Waals surface area (Å²) in [7, 11) is 0. The Labute approximate surface area is 98.0 Å². The molecule has 0 radical (unpaired) electrons. The summed E-state index contributed by atoms with van der Waals surface area (Å²) in [5, 5.41) is 4.34. The highest BCUT2D eigenvalue weighted by atomic mass is 15.3. The van der Waals surface area contributed by atoms with Gasteiger partial charge in [-0.25, -0.2) is 0 Å². The Balaban J connectivity index is 2.16. The molecule has 0 aliphatic heterocycles. The molecule has 3 nitrogen and oxygen atoms in total. The van der Waals surface area contributed by atoms with Crippen molar-refractivity contribution in [1.82, 2.24) is 9.78 Å². The third-order valence-corrected chi connectivity index (χ3v) is 3.94. The Morgan fingerprint density at radius 2 is 2.31 bits per heavy atom. The van der Waals surface area contributed by atoms with Gasteiger partial charge in [0.1, 0.15) is 0 Å². The van der Waals surface area contributed by atoms with Gasteiger partial charge in [0.05, 0.1) is 6.20 Å². The highest BCUT2D eigenvalue weighted by Crippen LogP contribution is 2.35. The molecule has 2 atom stereocenters. The van der Waals surface area contributed by atoms with E-state index >= 15 is 0 Å². The Morgan fingerprint density at radius 1 is 1.50 bits per heavy atom. The minimum atomic E-state index is -0.127. The zero-order valence-electron chi connectivity index (χ0n) is 10.4. The van der Waals surface area contributed by atoms with Crippen molar-refractivity contribution >= 4 is 0 Å². The van der Waals surface area contributed by atoms with Gasteiger partial charge in [0.25, 0.3) is 0 Å². The van der Waals surface area contributed by atoms with Gasteiger partial charge >= 0.3 is 0 Å². The standard InChI is InChI=1S/C13H23N3/c1-3-16-10-12(9-15-16)13(14)7-4-5-11(2)6-8-13/h9-11H,3-8,14H2,1-2H3. The van der Waals surface area contributed by atoms with E-state index in [1.165, 1.54) is 24.8 Å². The smallest absolute Gasteiger partial charge is 0.0540 e. The number of rotatable bonds is 2. The van der Waals surface area contributed by atoms with Crippen LogP contribution in [0.5, 0.6) is 0 Å². The molecule has 1 aromatic heterocycles. The van der Waals surface area contributed by atoms with Crippen LogP contribution < -0.4 is 5.73 Å². The van der Waals surface area contributed by atoms with Crippen LogP contribution in [0.15, 0.2) is 12.4 Å². The lowest BCUT2D eigenvalue weighted by Crippen LogP contribution is -2.35. The second-order valence-corrected chi connectivity index (χ2v) is 5.28. The molecule has 1 aliphatic rings. The molecule has 0 spiro atoms. The monoisotopic (exact) mass is 221 g/mol. The van der Waals surface area contributed by atoms with Crippen LogP contribution >= 0.6 is 0 Å².